The zero-order valence-corrected chi connectivity index (χ0v) is 19.2. The van der Waals surface area contributed by atoms with Crippen LogP contribution in [0.2, 0.25) is 10.3 Å². The fourth-order valence-electron chi connectivity index (χ4n) is 3.55. The van der Waals surface area contributed by atoms with E-state index in [1.54, 1.807) is 0 Å². The molecule has 0 radical (unpaired) electrons. The summed E-state index contributed by atoms with van der Waals surface area (Å²) in [6.07, 6.45) is 2.96. The molecule has 2 aromatic heterocycles. The van der Waals surface area contributed by atoms with Crippen molar-refractivity contribution in [3.63, 3.8) is 0 Å². The first-order valence-corrected chi connectivity index (χ1v) is 11.4. The standard InChI is InChI=1S/C21H24Cl2N6O4/c22-16-5-3-14(32-10-12-2-1-8-25-12)18(27-16)20(30)29(21(24)31)19-15(4-6-17(23)28-19)33-11-13-7-9-26-13/h3-6,12-13,25-26H,1-2,7-11H2,(H2,24,31)/t12-,13+/m0/s1. The van der Waals surface area contributed by atoms with Gasteiger partial charge in [-0.25, -0.2) is 19.7 Å². The van der Waals surface area contributed by atoms with Gasteiger partial charge in [-0.05, 0) is 56.6 Å². The van der Waals surface area contributed by atoms with E-state index in [9.17, 15) is 9.59 Å². The summed E-state index contributed by atoms with van der Waals surface area (Å²) >= 11 is 12.1. The van der Waals surface area contributed by atoms with Crippen LogP contribution in [0.3, 0.4) is 0 Å². The fourth-order valence-corrected chi connectivity index (χ4v) is 3.85. The highest BCUT2D eigenvalue weighted by Gasteiger charge is 2.32. The van der Waals surface area contributed by atoms with Crippen molar-refractivity contribution in [1.82, 2.24) is 20.6 Å². The smallest absolute Gasteiger partial charge is 0.327 e. The van der Waals surface area contributed by atoms with Crippen molar-refractivity contribution in [2.75, 3.05) is 31.2 Å². The summed E-state index contributed by atoms with van der Waals surface area (Å²) < 4.78 is 11.7. The van der Waals surface area contributed by atoms with E-state index < -0.39 is 11.9 Å². The molecule has 0 unspecified atom stereocenters. The van der Waals surface area contributed by atoms with Gasteiger partial charge in [0.15, 0.2) is 23.0 Å². The van der Waals surface area contributed by atoms with Gasteiger partial charge in [0, 0.05) is 12.1 Å². The molecule has 3 amide bonds. The summed E-state index contributed by atoms with van der Waals surface area (Å²) in [6, 6.07) is 5.31. The lowest BCUT2D eigenvalue weighted by molar-refractivity contribution is 0.0983. The second-order valence-electron chi connectivity index (χ2n) is 7.77. The number of urea groups is 1. The molecule has 0 aromatic carbocycles. The van der Waals surface area contributed by atoms with E-state index >= 15 is 0 Å². The molecule has 0 spiro atoms. The van der Waals surface area contributed by atoms with Crippen LogP contribution in [-0.4, -0.2) is 60.3 Å². The summed E-state index contributed by atoms with van der Waals surface area (Å²) in [5.41, 5.74) is 5.41. The Morgan fingerprint density at radius 3 is 2.21 bits per heavy atom. The lowest BCUT2D eigenvalue weighted by atomic mass is 10.1. The minimum atomic E-state index is -1.08. The van der Waals surface area contributed by atoms with Gasteiger partial charge in [-0.3, -0.25) is 4.79 Å². The van der Waals surface area contributed by atoms with Crippen molar-refractivity contribution in [3.05, 3.63) is 40.3 Å². The lowest BCUT2D eigenvalue weighted by Gasteiger charge is -2.28. The van der Waals surface area contributed by atoms with Gasteiger partial charge in [-0.2, -0.15) is 0 Å². The molecule has 0 aliphatic carbocycles. The Balaban J connectivity index is 1.63. The van der Waals surface area contributed by atoms with Crippen LogP contribution in [0.1, 0.15) is 29.8 Å². The van der Waals surface area contributed by atoms with Crippen LogP contribution in [0.25, 0.3) is 0 Å². The van der Waals surface area contributed by atoms with Crippen molar-refractivity contribution in [3.8, 4) is 11.5 Å². The molecule has 2 aliphatic heterocycles. The Morgan fingerprint density at radius 1 is 0.970 bits per heavy atom. The Morgan fingerprint density at radius 2 is 1.61 bits per heavy atom. The number of anilines is 1. The van der Waals surface area contributed by atoms with Gasteiger partial charge in [0.25, 0.3) is 5.91 Å². The molecule has 4 N–H and O–H groups in total. The van der Waals surface area contributed by atoms with Crippen LogP contribution in [0, 0.1) is 0 Å². The molecule has 2 saturated heterocycles. The number of carbonyl (C=O) groups is 2. The van der Waals surface area contributed by atoms with Gasteiger partial charge in [-0.1, -0.05) is 23.2 Å². The lowest BCUT2D eigenvalue weighted by Crippen LogP contribution is -2.47. The quantitative estimate of drug-likeness (QED) is 0.476. The number of hydrogen-bond donors (Lipinski definition) is 3. The van der Waals surface area contributed by atoms with E-state index in [0.29, 0.717) is 18.1 Å². The minimum Gasteiger partial charge on any atom is -0.489 e. The van der Waals surface area contributed by atoms with Crippen molar-refractivity contribution in [2.45, 2.75) is 31.3 Å². The summed E-state index contributed by atoms with van der Waals surface area (Å²) in [6.45, 7) is 2.48. The number of nitrogens with one attached hydrogen (secondary N) is 2. The van der Waals surface area contributed by atoms with Crippen LogP contribution in [0.4, 0.5) is 10.6 Å². The third-order valence-electron chi connectivity index (χ3n) is 5.44. The first-order chi connectivity index (χ1) is 15.9. The highest BCUT2D eigenvalue weighted by Crippen LogP contribution is 2.31. The molecule has 0 saturated carbocycles. The fraction of sp³-hybridized carbons (Fsp3) is 0.429. The average Bonchev–Trinajstić information content (AvgIpc) is 3.26. The van der Waals surface area contributed by atoms with Crippen molar-refractivity contribution >= 4 is 41.0 Å². The SMILES string of the molecule is NC(=O)N(C(=O)c1nc(Cl)ccc1OC[C@@H]1CCCN1)c1nc(Cl)ccc1OC[C@H]1CCN1. The number of primary amides is 1. The van der Waals surface area contributed by atoms with Crippen LogP contribution < -0.4 is 30.7 Å². The first-order valence-electron chi connectivity index (χ1n) is 10.6. The highest BCUT2D eigenvalue weighted by atomic mass is 35.5. The Hall–Kier alpha value is -2.66. The summed E-state index contributed by atoms with van der Waals surface area (Å²) in [4.78, 5) is 34.8. The van der Waals surface area contributed by atoms with Gasteiger partial charge in [0.1, 0.15) is 23.5 Å². The van der Waals surface area contributed by atoms with Gasteiger partial charge >= 0.3 is 6.03 Å². The third kappa shape index (κ3) is 5.64. The largest absolute Gasteiger partial charge is 0.489 e. The Kier molecular flexibility index (Phi) is 7.49. The highest BCUT2D eigenvalue weighted by molar-refractivity contribution is 6.30. The van der Waals surface area contributed by atoms with Gasteiger partial charge in [0.05, 0.1) is 0 Å². The predicted octanol–water partition coefficient (Wildman–Crippen LogP) is 2.38. The normalized spacial score (nSPS) is 19.6. The number of amides is 3. The molecule has 176 valence electrons. The number of hydrogen-bond acceptors (Lipinski definition) is 8. The van der Waals surface area contributed by atoms with Crippen molar-refractivity contribution < 1.29 is 19.1 Å². The zero-order valence-electron chi connectivity index (χ0n) is 17.7. The monoisotopic (exact) mass is 494 g/mol. The third-order valence-corrected chi connectivity index (χ3v) is 5.86. The molecule has 4 heterocycles. The number of rotatable bonds is 8. The Labute approximate surface area is 200 Å². The molecule has 2 aliphatic rings. The number of ether oxygens (including phenoxy) is 2. The van der Waals surface area contributed by atoms with E-state index in [1.807, 2.05) is 0 Å². The predicted molar refractivity (Wildman–Crippen MR) is 123 cm³/mol. The van der Waals surface area contributed by atoms with Gasteiger partial charge < -0.3 is 25.8 Å². The molecule has 12 heteroatoms. The van der Waals surface area contributed by atoms with E-state index in [1.165, 1.54) is 24.3 Å². The summed E-state index contributed by atoms with van der Waals surface area (Å²) in [7, 11) is 0. The maximum Gasteiger partial charge on any atom is 0.327 e. The van der Waals surface area contributed by atoms with Gasteiger partial charge in [0.2, 0.25) is 0 Å². The molecule has 0 bridgehead atoms. The molecule has 33 heavy (non-hydrogen) atoms. The van der Waals surface area contributed by atoms with Crippen molar-refractivity contribution in [1.29, 1.82) is 0 Å². The average molecular weight is 495 g/mol. The van der Waals surface area contributed by atoms with Gasteiger partial charge in [-0.15, -0.1) is 0 Å². The second-order valence-corrected chi connectivity index (χ2v) is 8.54. The van der Waals surface area contributed by atoms with E-state index in [4.69, 9.17) is 38.4 Å². The van der Waals surface area contributed by atoms with Crippen LogP contribution in [0.15, 0.2) is 24.3 Å². The molecule has 4 rings (SSSR count). The Bertz CT molecular complexity index is 1030. The summed E-state index contributed by atoms with van der Waals surface area (Å²) in [5, 5.41) is 6.63. The summed E-state index contributed by atoms with van der Waals surface area (Å²) in [5.74, 6) is -0.641. The van der Waals surface area contributed by atoms with E-state index in [-0.39, 0.29) is 45.4 Å². The molecule has 2 atom stereocenters. The van der Waals surface area contributed by atoms with E-state index in [0.717, 1.165) is 32.4 Å². The number of pyridine rings is 2. The van der Waals surface area contributed by atoms with Crippen molar-refractivity contribution in [2.24, 2.45) is 5.73 Å². The van der Waals surface area contributed by atoms with Crippen LogP contribution >= 0.6 is 23.2 Å². The number of nitrogens with two attached hydrogens (primary N) is 1. The topological polar surface area (TPSA) is 132 Å². The number of imide groups is 1. The number of aromatic nitrogens is 2. The molecular weight excluding hydrogens is 471 g/mol. The second kappa shape index (κ2) is 10.5. The number of carbonyl (C=O) groups excluding carboxylic acids is 2. The maximum atomic E-state index is 13.5. The minimum absolute atomic E-state index is 0.0562. The van der Waals surface area contributed by atoms with E-state index in [2.05, 4.69) is 20.6 Å². The number of halogens is 2. The first kappa shape index (κ1) is 23.5. The van der Waals surface area contributed by atoms with Crippen LogP contribution in [-0.2, 0) is 0 Å². The van der Waals surface area contributed by atoms with Crippen LogP contribution in [0.5, 0.6) is 11.5 Å². The number of nitrogens with zero attached hydrogens (tertiary/aromatic N) is 3. The zero-order chi connectivity index (χ0) is 23.4. The molecule has 2 fully saturated rings. The molecule has 10 nitrogen and oxygen atoms in total. The molecular formula is C21H24Cl2N6O4. The maximum absolute atomic E-state index is 13.5. The molecule has 2 aromatic rings.